The third kappa shape index (κ3) is 3.95. The van der Waals surface area contributed by atoms with Gasteiger partial charge in [-0.05, 0) is 25.8 Å². The average Bonchev–Trinajstić information content (AvgIpc) is 2.85. The first-order valence-corrected chi connectivity index (χ1v) is 6.45. The van der Waals surface area contributed by atoms with E-state index in [1.54, 1.807) is 0 Å². The Bertz CT molecular complexity index is 521. The minimum absolute atomic E-state index is 0. The topological polar surface area (TPSA) is 77.0 Å². The minimum Gasteiger partial charge on any atom is -0.406 e. The molecule has 1 aromatic carbocycles. The molecular weight excluding hydrogens is 276 g/mol. The molecule has 110 valence electrons. The first kappa shape index (κ1) is 16.5. The Kier molecular flexibility index (Phi) is 5.53. The fourth-order valence-electron chi connectivity index (χ4n) is 1.80. The fourth-order valence-corrected chi connectivity index (χ4v) is 1.80. The van der Waals surface area contributed by atoms with Crippen molar-refractivity contribution in [1.82, 2.24) is 10.2 Å². The van der Waals surface area contributed by atoms with Crippen LogP contribution in [-0.2, 0) is 5.54 Å². The van der Waals surface area contributed by atoms with Crippen molar-refractivity contribution in [3.63, 3.8) is 0 Å². The van der Waals surface area contributed by atoms with Gasteiger partial charge in [-0.15, -0.1) is 17.5 Å². The highest BCUT2D eigenvalue weighted by Gasteiger charge is 2.22. The van der Waals surface area contributed by atoms with Crippen molar-refractivity contribution in [2.24, 2.45) is 5.73 Å². The highest BCUT2D eigenvalue weighted by molar-refractivity contribution is 5.85. The predicted octanol–water partition coefficient (Wildman–Crippen LogP) is 3.25. The van der Waals surface area contributed by atoms with Crippen molar-refractivity contribution in [1.29, 1.82) is 0 Å². The van der Waals surface area contributed by atoms with Crippen LogP contribution in [0.3, 0.4) is 0 Å². The number of nitrogens with one attached hydrogen (secondary N) is 1. The van der Waals surface area contributed by atoms with Crippen LogP contribution in [0, 0.1) is 0 Å². The lowest BCUT2D eigenvalue weighted by molar-refractivity contribution is 0.382. The third-order valence-electron chi connectivity index (χ3n) is 2.88. The van der Waals surface area contributed by atoms with Crippen LogP contribution in [0.5, 0.6) is 0 Å². The number of aromatic nitrogens is 2. The number of halogens is 1. The zero-order valence-corrected chi connectivity index (χ0v) is 12.8. The maximum Gasteiger partial charge on any atom is 0.316 e. The van der Waals surface area contributed by atoms with Crippen molar-refractivity contribution in [2.75, 3.05) is 5.32 Å². The minimum atomic E-state index is -0.624. The van der Waals surface area contributed by atoms with E-state index in [9.17, 15) is 0 Å². The van der Waals surface area contributed by atoms with Gasteiger partial charge in [-0.25, -0.2) is 0 Å². The maximum atomic E-state index is 5.92. The van der Waals surface area contributed by atoms with Crippen LogP contribution < -0.4 is 11.1 Å². The molecular formula is C14H21ClN4O. The quantitative estimate of drug-likeness (QED) is 0.885. The molecule has 1 aromatic heterocycles. The molecule has 20 heavy (non-hydrogen) atoms. The van der Waals surface area contributed by atoms with Gasteiger partial charge < -0.3 is 15.5 Å². The lowest BCUT2D eigenvalue weighted by atomic mass is 10.1. The number of hydrogen-bond acceptors (Lipinski definition) is 5. The van der Waals surface area contributed by atoms with E-state index in [1.165, 1.54) is 5.56 Å². The van der Waals surface area contributed by atoms with E-state index in [1.807, 2.05) is 32.0 Å². The van der Waals surface area contributed by atoms with Gasteiger partial charge in [-0.2, -0.15) is 0 Å². The second-order valence-electron chi connectivity index (χ2n) is 5.15. The summed E-state index contributed by atoms with van der Waals surface area (Å²) < 4.78 is 5.54. The lowest BCUT2D eigenvalue weighted by Crippen LogP contribution is -2.29. The Hall–Kier alpha value is -1.59. The molecule has 3 N–H and O–H groups in total. The highest BCUT2D eigenvalue weighted by Crippen LogP contribution is 2.23. The van der Waals surface area contributed by atoms with Crippen LogP contribution in [0.25, 0.3) is 0 Å². The van der Waals surface area contributed by atoms with Crippen LogP contribution in [-0.4, -0.2) is 10.2 Å². The number of benzene rings is 1. The largest absolute Gasteiger partial charge is 0.406 e. The van der Waals surface area contributed by atoms with Crippen LogP contribution in [0.4, 0.5) is 6.01 Å². The predicted molar refractivity (Wildman–Crippen MR) is 81.9 cm³/mol. The molecule has 1 heterocycles. The summed E-state index contributed by atoms with van der Waals surface area (Å²) in [6, 6.07) is 10.7. The van der Waals surface area contributed by atoms with E-state index in [-0.39, 0.29) is 18.4 Å². The van der Waals surface area contributed by atoms with E-state index in [0.717, 1.165) is 6.42 Å². The van der Waals surface area contributed by atoms with E-state index >= 15 is 0 Å². The number of hydrogen-bond donors (Lipinski definition) is 2. The van der Waals surface area contributed by atoms with Gasteiger partial charge in [0.05, 0.1) is 11.6 Å². The monoisotopic (exact) mass is 296 g/mol. The molecule has 0 unspecified atom stereocenters. The van der Waals surface area contributed by atoms with Crippen molar-refractivity contribution < 1.29 is 4.42 Å². The molecule has 0 saturated carbocycles. The Morgan fingerprint density at radius 2 is 1.90 bits per heavy atom. The molecule has 0 aliphatic carbocycles. The zero-order valence-electron chi connectivity index (χ0n) is 12.0. The van der Waals surface area contributed by atoms with E-state index in [4.69, 9.17) is 10.2 Å². The number of nitrogens with zero attached hydrogens (tertiary/aromatic N) is 2. The van der Waals surface area contributed by atoms with Gasteiger partial charge in [0.2, 0.25) is 5.89 Å². The lowest BCUT2D eigenvalue weighted by Gasteiger charge is -2.16. The van der Waals surface area contributed by atoms with Gasteiger partial charge in [0.1, 0.15) is 0 Å². The Balaban J connectivity index is 0.00000200. The summed E-state index contributed by atoms with van der Waals surface area (Å²) in [4.78, 5) is 0. The highest BCUT2D eigenvalue weighted by atomic mass is 35.5. The van der Waals surface area contributed by atoms with E-state index in [2.05, 4.69) is 34.6 Å². The summed E-state index contributed by atoms with van der Waals surface area (Å²) in [6.45, 7) is 5.77. The van der Waals surface area contributed by atoms with Crippen LogP contribution in [0.15, 0.2) is 34.7 Å². The van der Waals surface area contributed by atoms with Crippen molar-refractivity contribution in [3.05, 3.63) is 41.8 Å². The maximum absolute atomic E-state index is 5.92. The van der Waals surface area contributed by atoms with Crippen LogP contribution >= 0.6 is 12.4 Å². The normalized spacial score (nSPS) is 12.6. The molecule has 0 amide bonds. The summed E-state index contributed by atoms with van der Waals surface area (Å²) in [5, 5.41) is 11.2. The summed E-state index contributed by atoms with van der Waals surface area (Å²) in [5.74, 6) is 0.429. The number of anilines is 1. The molecule has 0 saturated heterocycles. The fraction of sp³-hybridized carbons (Fsp3) is 0.429. The second-order valence-corrected chi connectivity index (χ2v) is 5.15. The standard InChI is InChI=1S/C14H20N4O.ClH/c1-4-11(10-8-6-5-7-9-10)16-13-18-17-12(19-13)14(2,3)15;/h5-9,11H,4,15H2,1-3H3,(H,16,18);1H/t11-;/m0./s1. The molecule has 0 aliphatic rings. The van der Waals surface area contributed by atoms with Gasteiger partial charge in [-0.3, -0.25) is 0 Å². The van der Waals surface area contributed by atoms with Crippen molar-refractivity contribution in [3.8, 4) is 0 Å². The van der Waals surface area contributed by atoms with Gasteiger partial charge in [0, 0.05) is 0 Å². The van der Waals surface area contributed by atoms with E-state index in [0.29, 0.717) is 11.9 Å². The van der Waals surface area contributed by atoms with Crippen molar-refractivity contribution in [2.45, 2.75) is 38.8 Å². The van der Waals surface area contributed by atoms with E-state index < -0.39 is 5.54 Å². The van der Waals surface area contributed by atoms with Gasteiger partial charge >= 0.3 is 6.01 Å². The summed E-state index contributed by atoms with van der Waals surface area (Å²) in [5.41, 5.74) is 6.49. The van der Waals surface area contributed by atoms with Crippen LogP contribution in [0.1, 0.15) is 44.7 Å². The third-order valence-corrected chi connectivity index (χ3v) is 2.88. The summed E-state index contributed by atoms with van der Waals surface area (Å²) >= 11 is 0. The average molecular weight is 297 g/mol. The van der Waals surface area contributed by atoms with Gasteiger partial charge in [-0.1, -0.05) is 42.4 Å². The first-order valence-electron chi connectivity index (χ1n) is 6.45. The smallest absolute Gasteiger partial charge is 0.316 e. The molecule has 2 rings (SSSR count). The molecule has 2 aromatic rings. The first-order chi connectivity index (χ1) is 9.00. The SMILES string of the molecule is CC[C@H](Nc1nnc(C(C)(C)N)o1)c1ccccc1.Cl. The Morgan fingerprint density at radius 1 is 1.25 bits per heavy atom. The second kappa shape index (κ2) is 6.72. The summed E-state index contributed by atoms with van der Waals surface area (Å²) in [6.07, 6.45) is 0.924. The molecule has 0 fully saturated rings. The van der Waals surface area contributed by atoms with Crippen LogP contribution in [0.2, 0.25) is 0 Å². The molecule has 5 nitrogen and oxygen atoms in total. The Labute approximate surface area is 125 Å². The summed E-state index contributed by atoms with van der Waals surface area (Å²) in [7, 11) is 0. The number of nitrogens with two attached hydrogens (primary N) is 1. The Morgan fingerprint density at radius 3 is 2.40 bits per heavy atom. The van der Waals surface area contributed by atoms with Gasteiger partial charge in [0.15, 0.2) is 0 Å². The van der Waals surface area contributed by atoms with Crippen molar-refractivity contribution >= 4 is 18.4 Å². The molecule has 0 spiro atoms. The number of rotatable bonds is 5. The molecule has 1 atom stereocenters. The molecule has 0 aliphatic heterocycles. The zero-order chi connectivity index (χ0) is 13.9. The molecule has 6 heteroatoms. The molecule has 0 radical (unpaired) electrons. The van der Waals surface area contributed by atoms with Gasteiger partial charge in [0.25, 0.3) is 0 Å². The molecule has 0 bridgehead atoms.